The van der Waals surface area contributed by atoms with Crippen LogP contribution in [0.25, 0.3) is 0 Å². The SMILES string of the molecule is NC1=NC2(CCCCC2)C2(O)C(=N1)Nc1ccccc12. The summed E-state index contributed by atoms with van der Waals surface area (Å²) in [4.78, 5) is 8.87. The van der Waals surface area contributed by atoms with Gasteiger partial charge in [0.15, 0.2) is 5.60 Å². The van der Waals surface area contributed by atoms with Gasteiger partial charge in [0.05, 0.1) is 0 Å². The van der Waals surface area contributed by atoms with E-state index < -0.39 is 11.1 Å². The average Bonchev–Trinajstić information content (AvgIpc) is 2.74. The first-order valence-electron chi connectivity index (χ1n) is 7.19. The van der Waals surface area contributed by atoms with Gasteiger partial charge in [0, 0.05) is 11.3 Å². The van der Waals surface area contributed by atoms with Crippen LogP contribution in [-0.2, 0) is 5.60 Å². The molecular weight excluding hydrogens is 252 g/mol. The fourth-order valence-electron chi connectivity index (χ4n) is 3.88. The molecule has 1 unspecified atom stereocenters. The van der Waals surface area contributed by atoms with Crippen LogP contribution in [0.2, 0.25) is 0 Å². The summed E-state index contributed by atoms with van der Waals surface area (Å²) in [6, 6.07) is 7.81. The summed E-state index contributed by atoms with van der Waals surface area (Å²) in [5.74, 6) is 0.806. The molecule has 1 fully saturated rings. The van der Waals surface area contributed by atoms with Gasteiger partial charge in [-0.15, -0.1) is 0 Å². The number of aliphatic imine (C=N–C) groups is 2. The smallest absolute Gasteiger partial charge is 0.217 e. The van der Waals surface area contributed by atoms with Crippen LogP contribution < -0.4 is 11.1 Å². The molecule has 4 N–H and O–H groups in total. The number of hydrogen-bond donors (Lipinski definition) is 3. The molecule has 1 aromatic rings. The standard InChI is InChI=1S/C15H18N4O/c16-13-18-12-15(20,10-6-2-3-7-11(10)17-12)14(19-13)8-4-1-5-9-14/h2-3,6-7,20H,1,4-5,8-9H2,(H3,16,17,18,19). The largest absolute Gasteiger partial charge is 0.375 e. The van der Waals surface area contributed by atoms with E-state index in [1.54, 1.807) is 0 Å². The zero-order chi connectivity index (χ0) is 13.8. The van der Waals surface area contributed by atoms with Crippen molar-refractivity contribution in [1.29, 1.82) is 0 Å². The number of para-hydroxylation sites is 1. The van der Waals surface area contributed by atoms with E-state index in [1.807, 2.05) is 24.3 Å². The van der Waals surface area contributed by atoms with Crippen molar-refractivity contribution in [3.63, 3.8) is 0 Å². The Hall–Kier alpha value is -1.88. The van der Waals surface area contributed by atoms with Gasteiger partial charge in [0.1, 0.15) is 11.4 Å². The number of benzene rings is 1. The second-order valence-electron chi connectivity index (χ2n) is 5.90. The lowest BCUT2D eigenvalue weighted by molar-refractivity contribution is 0.00598. The first-order chi connectivity index (χ1) is 9.66. The van der Waals surface area contributed by atoms with Crippen molar-refractivity contribution in [3.05, 3.63) is 29.8 Å². The summed E-state index contributed by atoms with van der Waals surface area (Å²) >= 11 is 0. The highest BCUT2D eigenvalue weighted by Crippen LogP contribution is 2.52. The van der Waals surface area contributed by atoms with Gasteiger partial charge in [-0.3, -0.25) is 0 Å². The van der Waals surface area contributed by atoms with Crippen LogP contribution in [0.3, 0.4) is 0 Å². The Labute approximate surface area is 117 Å². The van der Waals surface area contributed by atoms with Gasteiger partial charge in [-0.2, -0.15) is 4.99 Å². The number of nitrogens with one attached hydrogen (secondary N) is 1. The molecule has 0 aromatic heterocycles. The van der Waals surface area contributed by atoms with Crippen LogP contribution >= 0.6 is 0 Å². The molecule has 2 aliphatic heterocycles. The van der Waals surface area contributed by atoms with Gasteiger partial charge in [-0.1, -0.05) is 37.5 Å². The van der Waals surface area contributed by atoms with Crippen LogP contribution in [0.1, 0.15) is 37.7 Å². The molecule has 1 aliphatic carbocycles. The molecule has 3 aliphatic rings. The van der Waals surface area contributed by atoms with E-state index in [2.05, 4.69) is 15.3 Å². The number of aliphatic hydroxyl groups is 1. The predicted octanol–water partition coefficient (Wildman–Crippen LogP) is 1.73. The van der Waals surface area contributed by atoms with E-state index in [0.29, 0.717) is 5.84 Å². The van der Waals surface area contributed by atoms with Crippen molar-refractivity contribution >= 4 is 17.5 Å². The fourth-order valence-corrected chi connectivity index (χ4v) is 3.88. The Morgan fingerprint density at radius 1 is 1.15 bits per heavy atom. The van der Waals surface area contributed by atoms with Crippen molar-refractivity contribution in [3.8, 4) is 0 Å². The number of rotatable bonds is 0. The summed E-state index contributed by atoms with van der Waals surface area (Å²) < 4.78 is 0. The molecule has 0 bridgehead atoms. The van der Waals surface area contributed by atoms with Crippen LogP contribution in [0.4, 0.5) is 5.69 Å². The fraction of sp³-hybridized carbons (Fsp3) is 0.467. The summed E-state index contributed by atoms with van der Waals surface area (Å²) in [6.45, 7) is 0. The highest BCUT2D eigenvalue weighted by molar-refractivity contribution is 6.15. The first-order valence-corrected chi connectivity index (χ1v) is 7.19. The van der Waals surface area contributed by atoms with Gasteiger partial charge in [0.2, 0.25) is 5.96 Å². The molecule has 1 atom stereocenters. The number of fused-ring (bicyclic) bond motifs is 4. The third-order valence-corrected chi connectivity index (χ3v) is 4.82. The van der Waals surface area contributed by atoms with Crippen molar-refractivity contribution in [1.82, 2.24) is 0 Å². The van der Waals surface area contributed by atoms with Gasteiger partial charge < -0.3 is 16.2 Å². The van der Waals surface area contributed by atoms with Crippen LogP contribution in [0.15, 0.2) is 34.3 Å². The maximum absolute atomic E-state index is 11.5. The molecule has 5 nitrogen and oxygen atoms in total. The Bertz CT molecular complexity index is 631. The van der Waals surface area contributed by atoms with Crippen molar-refractivity contribution < 1.29 is 5.11 Å². The molecule has 0 amide bonds. The number of amidine groups is 1. The van der Waals surface area contributed by atoms with E-state index in [4.69, 9.17) is 5.73 Å². The summed E-state index contributed by atoms with van der Waals surface area (Å²) in [5, 5.41) is 14.7. The summed E-state index contributed by atoms with van der Waals surface area (Å²) in [5.41, 5.74) is 5.96. The van der Waals surface area contributed by atoms with Gasteiger partial charge in [0.25, 0.3) is 0 Å². The van der Waals surface area contributed by atoms with E-state index >= 15 is 0 Å². The Morgan fingerprint density at radius 2 is 1.90 bits per heavy atom. The number of guanidine groups is 1. The molecule has 5 heteroatoms. The molecular formula is C15H18N4O. The van der Waals surface area contributed by atoms with Crippen LogP contribution in [0.5, 0.6) is 0 Å². The normalized spacial score (nSPS) is 30.1. The Balaban J connectivity index is 1.95. The van der Waals surface area contributed by atoms with E-state index in [9.17, 15) is 5.11 Å². The number of nitrogens with two attached hydrogens (primary N) is 1. The lowest BCUT2D eigenvalue weighted by Gasteiger charge is -2.46. The van der Waals surface area contributed by atoms with Crippen LogP contribution in [-0.4, -0.2) is 22.4 Å². The van der Waals surface area contributed by atoms with E-state index in [0.717, 1.165) is 36.9 Å². The van der Waals surface area contributed by atoms with Crippen molar-refractivity contribution in [2.45, 2.75) is 43.2 Å². The molecule has 104 valence electrons. The minimum absolute atomic E-state index is 0.270. The minimum Gasteiger partial charge on any atom is -0.375 e. The lowest BCUT2D eigenvalue weighted by atomic mass is 9.67. The van der Waals surface area contributed by atoms with Gasteiger partial charge in [-0.05, 0) is 18.9 Å². The third kappa shape index (κ3) is 1.31. The average molecular weight is 270 g/mol. The Morgan fingerprint density at radius 3 is 2.70 bits per heavy atom. The molecule has 4 rings (SSSR count). The van der Waals surface area contributed by atoms with Crippen LogP contribution in [0, 0.1) is 0 Å². The van der Waals surface area contributed by atoms with Crippen molar-refractivity contribution in [2.75, 3.05) is 5.32 Å². The van der Waals surface area contributed by atoms with E-state index in [-0.39, 0.29) is 5.96 Å². The molecule has 1 aromatic carbocycles. The summed E-state index contributed by atoms with van der Waals surface area (Å²) in [6.07, 6.45) is 5.01. The molecule has 20 heavy (non-hydrogen) atoms. The highest BCUT2D eigenvalue weighted by Gasteiger charge is 2.60. The number of nitrogens with zero attached hydrogens (tertiary/aromatic N) is 2. The van der Waals surface area contributed by atoms with Gasteiger partial charge in [-0.25, -0.2) is 4.99 Å². The maximum atomic E-state index is 11.5. The number of hydrogen-bond acceptors (Lipinski definition) is 5. The second-order valence-corrected chi connectivity index (χ2v) is 5.90. The third-order valence-electron chi connectivity index (χ3n) is 4.82. The number of anilines is 1. The Kier molecular flexibility index (Phi) is 2.27. The second kappa shape index (κ2) is 3.82. The molecule has 1 spiro atoms. The molecule has 0 radical (unpaired) electrons. The minimum atomic E-state index is -1.16. The quantitative estimate of drug-likeness (QED) is 0.671. The molecule has 1 saturated carbocycles. The van der Waals surface area contributed by atoms with Crippen molar-refractivity contribution in [2.24, 2.45) is 15.7 Å². The summed E-state index contributed by atoms with van der Waals surface area (Å²) in [7, 11) is 0. The maximum Gasteiger partial charge on any atom is 0.217 e. The molecule has 2 heterocycles. The van der Waals surface area contributed by atoms with E-state index in [1.165, 1.54) is 6.42 Å². The zero-order valence-electron chi connectivity index (χ0n) is 11.3. The first kappa shape index (κ1) is 11.9. The monoisotopic (exact) mass is 270 g/mol. The zero-order valence-corrected chi connectivity index (χ0v) is 11.3. The highest BCUT2D eigenvalue weighted by atomic mass is 16.3. The lowest BCUT2D eigenvalue weighted by Crippen LogP contribution is -2.58. The molecule has 0 saturated heterocycles. The topological polar surface area (TPSA) is 83.0 Å². The predicted molar refractivity (Wildman–Crippen MR) is 78.8 cm³/mol. The van der Waals surface area contributed by atoms with Gasteiger partial charge >= 0.3 is 0 Å².